The highest BCUT2D eigenvalue weighted by atomic mass is 16.7. The fourth-order valence-corrected chi connectivity index (χ4v) is 2.29. The fraction of sp³-hybridized carbons (Fsp3) is 0.0952. The molecule has 0 radical (unpaired) electrons. The molecule has 0 spiro atoms. The Morgan fingerprint density at radius 1 is 0.680 bits per heavy atom. The summed E-state index contributed by atoms with van der Waals surface area (Å²) in [7, 11) is 0. The van der Waals surface area contributed by atoms with Crippen LogP contribution < -0.4 is 5.06 Å². The monoisotopic (exact) mass is 333 g/mol. The normalized spacial score (nSPS) is 10.2. The summed E-state index contributed by atoms with van der Waals surface area (Å²) in [6, 6.07) is 28.4. The Kier molecular flexibility index (Phi) is 5.80. The van der Waals surface area contributed by atoms with Gasteiger partial charge < -0.3 is 4.74 Å². The molecular weight excluding hydrogens is 314 g/mol. The Hall–Kier alpha value is -3.11. The first-order valence-corrected chi connectivity index (χ1v) is 8.05. The van der Waals surface area contributed by atoms with Crippen LogP contribution in [0.2, 0.25) is 0 Å². The molecule has 4 heteroatoms. The van der Waals surface area contributed by atoms with Crippen molar-refractivity contribution in [3.05, 3.63) is 102 Å². The Morgan fingerprint density at radius 3 is 1.72 bits per heavy atom. The van der Waals surface area contributed by atoms with Gasteiger partial charge in [0.1, 0.15) is 13.2 Å². The van der Waals surface area contributed by atoms with Crippen molar-refractivity contribution in [1.29, 1.82) is 0 Å². The number of benzene rings is 3. The lowest BCUT2D eigenvalue weighted by Crippen LogP contribution is -2.31. The smallest absolute Gasteiger partial charge is 0.439 e. The van der Waals surface area contributed by atoms with E-state index < -0.39 is 6.09 Å². The number of hydrogen-bond donors (Lipinski definition) is 0. The molecule has 0 atom stereocenters. The van der Waals surface area contributed by atoms with Crippen LogP contribution in [0, 0.1) is 0 Å². The third kappa shape index (κ3) is 4.93. The third-order valence-corrected chi connectivity index (χ3v) is 3.56. The first kappa shape index (κ1) is 16.7. The maximum absolute atomic E-state index is 12.5. The van der Waals surface area contributed by atoms with Gasteiger partial charge in [-0.15, -0.1) is 0 Å². The Labute approximate surface area is 147 Å². The standard InChI is InChI=1S/C21H19NO3/c23-21(24-16-18-10-4-1-5-11-18)22(20-14-8-3-9-15-20)25-17-19-12-6-2-7-13-19/h1-15H,16-17H2. The second-order valence-corrected chi connectivity index (χ2v) is 5.43. The van der Waals surface area contributed by atoms with E-state index in [1.54, 1.807) is 12.1 Å². The Morgan fingerprint density at radius 2 is 1.16 bits per heavy atom. The number of para-hydroxylation sites is 1. The highest BCUT2D eigenvalue weighted by Gasteiger charge is 2.18. The number of nitrogens with zero attached hydrogens (tertiary/aromatic N) is 1. The van der Waals surface area contributed by atoms with Gasteiger partial charge in [0.05, 0.1) is 5.69 Å². The van der Waals surface area contributed by atoms with Crippen LogP contribution >= 0.6 is 0 Å². The molecule has 0 aromatic heterocycles. The van der Waals surface area contributed by atoms with Gasteiger partial charge >= 0.3 is 6.09 Å². The first-order chi connectivity index (χ1) is 12.3. The van der Waals surface area contributed by atoms with Crippen LogP contribution in [0.4, 0.5) is 10.5 Å². The molecule has 126 valence electrons. The average molecular weight is 333 g/mol. The molecule has 0 aliphatic heterocycles. The van der Waals surface area contributed by atoms with Crippen molar-refractivity contribution in [1.82, 2.24) is 0 Å². The molecule has 25 heavy (non-hydrogen) atoms. The van der Waals surface area contributed by atoms with Gasteiger partial charge in [0.15, 0.2) is 0 Å². The number of hydrogen-bond acceptors (Lipinski definition) is 3. The molecule has 0 N–H and O–H groups in total. The highest BCUT2D eigenvalue weighted by molar-refractivity contribution is 5.85. The van der Waals surface area contributed by atoms with Crippen molar-refractivity contribution in [3.8, 4) is 0 Å². The SMILES string of the molecule is O=C(OCc1ccccc1)N(OCc1ccccc1)c1ccccc1. The zero-order valence-electron chi connectivity index (χ0n) is 13.7. The molecule has 4 nitrogen and oxygen atoms in total. The number of ether oxygens (including phenoxy) is 1. The Balaban J connectivity index is 1.68. The van der Waals surface area contributed by atoms with Gasteiger partial charge in [-0.05, 0) is 23.3 Å². The van der Waals surface area contributed by atoms with Gasteiger partial charge in [-0.3, -0.25) is 4.84 Å². The van der Waals surface area contributed by atoms with Gasteiger partial charge in [0.2, 0.25) is 0 Å². The quantitative estimate of drug-likeness (QED) is 0.598. The number of anilines is 1. The van der Waals surface area contributed by atoms with Crippen LogP contribution in [0.1, 0.15) is 11.1 Å². The molecule has 3 aromatic carbocycles. The highest BCUT2D eigenvalue weighted by Crippen LogP contribution is 2.17. The van der Waals surface area contributed by atoms with Crippen LogP contribution in [0.15, 0.2) is 91.0 Å². The minimum Gasteiger partial charge on any atom is -0.443 e. The Bertz CT molecular complexity index is 776. The van der Waals surface area contributed by atoms with Crippen molar-refractivity contribution in [2.24, 2.45) is 0 Å². The molecule has 0 unspecified atom stereocenters. The van der Waals surface area contributed by atoms with Crippen LogP contribution in [0.5, 0.6) is 0 Å². The fourth-order valence-electron chi connectivity index (χ4n) is 2.29. The number of carbonyl (C=O) groups excluding carboxylic acids is 1. The number of rotatable bonds is 6. The van der Waals surface area contributed by atoms with E-state index >= 15 is 0 Å². The van der Waals surface area contributed by atoms with E-state index in [1.165, 1.54) is 5.06 Å². The first-order valence-electron chi connectivity index (χ1n) is 8.05. The summed E-state index contributed by atoms with van der Waals surface area (Å²) in [5, 5.41) is 1.19. The van der Waals surface area contributed by atoms with E-state index in [0.29, 0.717) is 5.69 Å². The molecule has 0 aliphatic rings. The van der Waals surface area contributed by atoms with Gasteiger partial charge in [-0.2, -0.15) is 5.06 Å². The van der Waals surface area contributed by atoms with E-state index in [1.807, 2.05) is 78.9 Å². The second-order valence-electron chi connectivity index (χ2n) is 5.43. The average Bonchev–Trinajstić information content (AvgIpc) is 2.69. The van der Waals surface area contributed by atoms with Gasteiger partial charge in [-0.1, -0.05) is 78.9 Å². The van der Waals surface area contributed by atoms with Crippen LogP contribution in [-0.4, -0.2) is 6.09 Å². The topological polar surface area (TPSA) is 38.8 Å². The van der Waals surface area contributed by atoms with E-state index in [9.17, 15) is 4.79 Å². The van der Waals surface area contributed by atoms with Crippen molar-refractivity contribution < 1.29 is 14.4 Å². The lowest BCUT2D eigenvalue weighted by molar-refractivity contribution is 0.0639. The molecule has 0 aliphatic carbocycles. The number of hydroxylamine groups is 1. The largest absolute Gasteiger partial charge is 0.443 e. The zero-order chi connectivity index (χ0) is 17.3. The van der Waals surface area contributed by atoms with E-state index in [4.69, 9.17) is 9.57 Å². The lowest BCUT2D eigenvalue weighted by atomic mass is 10.2. The minimum atomic E-state index is -0.550. The van der Waals surface area contributed by atoms with Gasteiger partial charge in [0, 0.05) is 0 Å². The van der Waals surface area contributed by atoms with Crippen molar-refractivity contribution in [2.45, 2.75) is 13.2 Å². The maximum atomic E-state index is 12.5. The van der Waals surface area contributed by atoms with Crippen molar-refractivity contribution in [3.63, 3.8) is 0 Å². The molecule has 0 saturated heterocycles. The molecule has 0 saturated carbocycles. The van der Waals surface area contributed by atoms with Crippen molar-refractivity contribution in [2.75, 3.05) is 5.06 Å². The maximum Gasteiger partial charge on any atom is 0.439 e. The molecule has 3 aromatic rings. The summed E-state index contributed by atoms with van der Waals surface area (Å²) in [5.74, 6) is 0. The van der Waals surface area contributed by atoms with Crippen LogP contribution in [0.3, 0.4) is 0 Å². The summed E-state index contributed by atoms with van der Waals surface area (Å²) >= 11 is 0. The number of amides is 1. The minimum absolute atomic E-state index is 0.192. The molecule has 0 heterocycles. The molecule has 3 rings (SSSR count). The molecule has 0 bridgehead atoms. The molecular formula is C21H19NO3. The summed E-state index contributed by atoms with van der Waals surface area (Å²) < 4.78 is 5.40. The van der Waals surface area contributed by atoms with E-state index in [0.717, 1.165) is 11.1 Å². The van der Waals surface area contributed by atoms with Gasteiger partial charge in [0.25, 0.3) is 0 Å². The third-order valence-electron chi connectivity index (χ3n) is 3.56. The lowest BCUT2D eigenvalue weighted by Gasteiger charge is -2.21. The summed E-state index contributed by atoms with van der Waals surface area (Å²) in [6.07, 6.45) is -0.550. The predicted molar refractivity (Wildman–Crippen MR) is 96.8 cm³/mol. The van der Waals surface area contributed by atoms with Crippen LogP contribution in [-0.2, 0) is 22.8 Å². The summed E-state index contributed by atoms with van der Waals surface area (Å²) in [6.45, 7) is 0.466. The number of carbonyl (C=O) groups is 1. The van der Waals surface area contributed by atoms with Gasteiger partial charge in [-0.25, -0.2) is 4.79 Å². The zero-order valence-corrected chi connectivity index (χ0v) is 13.7. The predicted octanol–water partition coefficient (Wildman–Crippen LogP) is 4.96. The summed E-state index contributed by atoms with van der Waals surface area (Å²) in [5.41, 5.74) is 2.52. The molecule has 0 fully saturated rings. The summed E-state index contributed by atoms with van der Waals surface area (Å²) in [4.78, 5) is 18.2. The molecule has 1 amide bonds. The van der Waals surface area contributed by atoms with E-state index in [2.05, 4.69) is 0 Å². The van der Waals surface area contributed by atoms with Crippen LogP contribution in [0.25, 0.3) is 0 Å². The van der Waals surface area contributed by atoms with E-state index in [-0.39, 0.29) is 13.2 Å². The van der Waals surface area contributed by atoms with Crippen molar-refractivity contribution >= 4 is 11.8 Å². The second kappa shape index (κ2) is 8.66.